The third-order valence-corrected chi connectivity index (χ3v) is 6.77. The molecule has 0 aliphatic heterocycles. The number of pyridine rings is 1. The molecule has 32 heavy (non-hydrogen) atoms. The van der Waals surface area contributed by atoms with Gasteiger partial charge >= 0.3 is 0 Å². The fourth-order valence-corrected chi connectivity index (χ4v) is 4.56. The molecule has 2 aliphatic rings. The van der Waals surface area contributed by atoms with Crippen molar-refractivity contribution in [3.63, 3.8) is 0 Å². The monoisotopic (exact) mass is 474 g/mol. The third kappa shape index (κ3) is 4.37. The number of halogens is 4. The summed E-state index contributed by atoms with van der Waals surface area (Å²) >= 11 is 0. The van der Waals surface area contributed by atoms with Gasteiger partial charge in [-0.25, -0.2) is 22.2 Å². The van der Waals surface area contributed by atoms with Gasteiger partial charge < -0.3 is 5.32 Å². The number of carbonyl (C=O) groups excluding carboxylic acids is 1. The first-order valence-electron chi connectivity index (χ1n) is 10.1. The van der Waals surface area contributed by atoms with Crippen LogP contribution in [0.5, 0.6) is 0 Å². The molecule has 0 unspecified atom stereocenters. The molecular weight excluding hydrogens is 452 g/mol. The zero-order chi connectivity index (χ0) is 23.5. The number of alkyl halides is 4. The first kappa shape index (κ1) is 22.7. The molecule has 0 radical (unpaired) electrons. The SMILES string of the molecule is Cc1c(C(F)(F)C2CC2)nn(CC2CC(F)(F)C2)c1C(=O)Nc1ccnc(S(C)(=O)=O)c1. The molecule has 2 heterocycles. The van der Waals surface area contributed by atoms with Crippen LogP contribution in [0.4, 0.5) is 23.2 Å². The lowest BCUT2D eigenvalue weighted by Crippen LogP contribution is -2.38. The van der Waals surface area contributed by atoms with Crippen LogP contribution in [0.25, 0.3) is 0 Å². The summed E-state index contributed by atoms with van der Waals surface area (Å²) in [4.78, 5) is 16.8. The van der Waals surface area contributed by atoms with Gasteiger partial charge in [-0.15, -0.1) is 0 Å². The minimum absolute atomic E-state index is 0.0251. The summed E-state index contributed by atoms with van der Waals surface area (Å²) in [6.45, 7) is 1.26. The van der Waals surface area contributed by atoms with E-state index in [4.69, 9.17) is 0 Å². The Labute approximate surface area is 182 Å². The van der Waals surface area contributed by atoms with Crippen molar-refractivity contribution in [2.24, 2.45) is 11.8 Å². The number of carbonyl (C=O) groups is 1. The Morgan fingerprint density at radius 3 is 2.53 bits per heavy atom. The van der Waals surface area contributed by atoms with Crippen molar-refractivity contribution in [1.82, 2.24) is 14.8 Å². The lowest BCUT2D eigenvalue weighted by Gasteiger charge is -2.35. The largest absolute Gasteiger partial charge is 0.321 e. The van der Waals surface area contributed by atoms with Crippen LogP contribution in [0.15, 0.2) is 23.4 Å². The molecule has 0 bridgehead atoms. The van der Waals surface area contributed by atoms with Crippen molar-refractivity contribution >= 4 is 21.4 Å². The van der Waals surface area contributed by atoms with Crippen molar-refractivity contribution in [3.8, 4) is 0 Å². The first-order chi connectivity index (χ1) is 14.8. The number of anilines is 1. The van der Waals surface area contributed by atoms with Crippen molar-refractivity contribution < 1.29 is 30.8 Å². The van der Waals surface area contributed by atoms with Crippen LogP contribution in [0, 0.1) is 18.8 Å². The standard InChI is InChI=1S/C20H22F4N4O3S/c1-11-16(18(29)26-14-5-6-25-15(7-14)32(2,30)31)28(10-12-8-19(21,22)9-12)27-17(11)20(23,24)13-3-4-13/h5-7,12-13H,3-4,8-10H2,1-2H3,(H,25,26,29). The maximum Gasteiger partial charge on any atom is 0.294 e. The van der Waals surface area contributed by atoms with Crippen LogP contribution in [0.3, 0.4) is 0 Å². The Morgan fingerprint density at radius 2 is 1.97 bits per heavy atom. The van der Waals surface area contributed by atoms with E-state index in [2.05, 4.69) is 15.4 Å². The quantitative estimate of drug-likeness (QED) is 0.617. The van der Waals surface area contributed by atoms with Crippen molar-refractivity contribution in [2.45, 2.75) is 56.0 Å². The van der Waals surface area contributed by atoms with Gasteiger partial charge in [-0.05, 0) is 37.8 Å². The van der Waals surface area contributed by atoms with E-state index >= 15 is 0 Å². The van der Waals surface area contributed by atoms with E-state index < -0.39 is 58.0 Å². The fourth-order valence-electron chi connectivity index (χ4n) is 3.97. The lowest BCUT2D eigenvalue weighted by atomic mass is 9.81. The van der Waals surface area contributed by atoms with E-state index in [0.717, 1.165) is 17.0 Å². The summed E-state index contributed by atoms with van der Waals surface area (Å²) in [7, 11) is -3.63. The van der Waals surface area contributed by atoms with Crippen LogP contribution in [-0.2, 0) is 22.3 Å². The molecule has 0 atom stereocenters. The molecule has 2 fully saturated rings. The average Bonchev–Trinajstić information content (AvgIpc) is 3.45. The second kappa shape index (κ2) is 7.53. The second-order valence-electron chi connectivity index (χ2n) is 8.64. The number of rotatable bonds is 7. The van der Waals surface area contributed by atoms with Gasteiger partial charge in [-0.1, -0.05) is 0 Å². The van der Waals surface area contributed by atoms with Gasteiger partial charge in [0.2, 0.25) is 5.92 Å². The third-order valence-electron chi connectivity index (χ3n) is 5.79. The zero-order valence-corrected chi connectivity index (χ0v) is 18.2. The summed E-state index contributed by atoms with van der Waals surface area (Å²) in [5, 5.41) is 6.21. The predicted molar refractivity (Wildman–Crippen MR) is 107 cm³/mol. The molecule has 2 saturated carbocycles. The van der Waals surface area contributed by atoms with Crippen LogP contribution >= 0.6 is 0 Å². The summed E-state index contributed by atoms with van der Waals surface area (Å²) in [6, 6.07) is 2.50. The van der Waals surface area contributed by atoms with Gasteiger partial charge in [0.1, 0.15) is 11.4 Å². The number of hydrogen-bond donors (Lipinski definition) is 1. The Morgan fingerprint density at radius 1 is 1.31 bits per heavy atom. The molecule has 12 heteroatoms. The Balaban J connectivity index is 1.66. The molecule has 174 valence electrons. The number of nitrogens with zero attached hydrogens (tertiary/aromatic N) is 3. The molecule has 0 saturated heterocycles. The Hall–Kier alpha value is -2.50. The van der Waals surface area contributed by atoms with Crippen LogP contribution in [0.2, 0.25) is 0 Å². The topological polar surface area (TPSA) is 93.9 Å². The Kier molecular flexibility index (Phi) is 5.34. The van der Waals surface area contributed by atoms with Crippen LogP contribution in [0.1, 0.15) is 47.4 Å². The smallest absolute Gasteiger partial charge is 0.294 e. The molecule has 1 N–H and O–H groups in total. The zero-order valence-electron chi connectivity index (χ0n) is 17.4. The van der Waals surface area contributed by atoms with Gasteiger partial charge in [0.25, 0.3) is 11.8 Å². The molecule has 2 aromatic rings. The van der Waals surface area contributed by atoms with E-state index in [1.165, 1.54) is 19.2 Å². The van der Waals surface area contributed by atoms with E-state index in [1.807, 2.05) is 0 Å². The fraction of sp³-hybridized carbons (Fsp3) is 0.550. The highest BCUT2D eigenvalue weighted by Gasteiger charge is 2.52. The number of amides is 1. The number of nitrogens with one attached hydrogen (secondary N) is 1. The van der Waals surface area contributed by atoms with E-state index in [1.54, 1.807) is 0 Å². The van der Waals surface area contributed by atoms with Gasteiger partial charge in [-0.2, -0.15) is 13.9 Å². The lowest BCUT2D eigenvalue weighted by molar-refractivity contribution is -0.115. The molecule has 4 rings (SSSR count). The minimum Gasteiger partial charge on any atom is -0.321 e. The highest BCUT2D eigenvalue weighted by atomic mass is 32.2. The molecule has 7 nitrogen and oxygen atoms in total. The number of sulfone groups is 1. The molecule has 2 aliphatic carbocycles. The van der Waals surface area contributed by atoms with Crippen molar-refractivity contribution in [1.29, 1.82) is 0 Å². The number of hydrogen-bond acceptors (Lipinski definition) is 5. The average molecular weight is 474 g/mol. The molecule has 0 aromatic carbocycles. The number of aromatic nitrogens is 3. The second-order valence-corrected chi connectivity index (χ2v) is 10.6. The highest BCUT2D eigenvalue weighted by Crippen LogP contribution is 2.50. The summed E-state index contributed by atoms with van der Waals surface area (Å²) < 4.78 is 80.7. The molecule has 2 aromatic heterocycles. The van der Waals surface area contributed by atoms with E-state index in [-0.39, 0.29) is 28.5 Å². The van der Waals surface area contributed by atoms with Crippen molar-refractivity contribution in [2.75, 3.05) is 11.6 Å². The minimum atomic E-state index is -3.63. The molecular formula is C20H22F4N4O3S. The van der Waals surface area contributed by atoms with Gasteiger partial charge in [0.05, 0.1) is 0 Å². The van der Waals surface area contributed by atoms with Crippen LogP contribution in [-0.4, -0.2) is 41.3 Å². The predicted octanol–water partition coefficient (Wildman–Crippen LogP) is 3.79. The summed E-state index contributed by atoms with van der Waals surface area (Å²) in [6.07, 6.45) is 2.05. The molecule has 0 spiro atoms. The maximum absolute atomic E-state index is 14.8. The normalized spacial score (nSPS) is 18.9. The van der Waals surface area contributed by atoms with Gasteiger partial charge in [-0.3, -0.25) is 9.48 Å². The van der Waals surface area contributed by atoms with E-state index in [9.17, 15) is 30.8 Å². The van der Waals surface area contributed by atoms with Crippen LogP contribution < -0.4 is 5.32 Å². The van der Waals surface area contributed by atoms with Crippen molar-refractivity contribution in [3.05, 3.63) is 35.3 Å². The highest BCUT2D eigenvalue weighted by molar-refractivity contribution is 7.90. The van der Waals surface area contributed by atoms with Gasteiger partial charge in [0.15, 0.2) is 14.9 Å². The Bertz CT molecular complexity index is 1170. The van der Waals surface area contributed by atoms with E-state index in [0.29, 0.717) is 12.8 Å². The molecule has 1 amide bonds. The summed E-state index contributed by atoms with van der Waals surface area (Å²) in [5.74, 6) is -8.16. The first-order valence-corrected chi connectivity index (χ1v) is 12.0. The van der Waals surface area contributed by atoms with Gasteiger partial charge in [0, 0.05) is 49.0 Å². The maximum atomic E-state index is 14.8. The summed E-state index contributed by atoms with van der Waals surface area (Å²) in [5.41, 5.74) is -0.609.